The van der Waals surface area contributed by atoms with E-state index in [-0.39, 0.29) is 9.79 Å². The molecule has 6 heteroatoms. The summed E-state index contributed by atoms with van der Waals surface area (Å²) in [6, 6.07) is 12.7. The second kappa shape index (κ2) is 6.93. The van der Waals surface area contributed by atoms with Gasteiger partial charge in [0.2, 0.25) is 9.84 Å². The summed E-state index contributed by atoms with van der Waals surface area (Å²) in [6.07, 6.45) is 3.50. The van der Waals surface area contributed by atoms with Gasteiger partial charge in [0.15, 0.2) is 0 Å². The molecule has 0 aliphatic carbocycles. The van der Waals surface area contributed by atoms with Crippen molar-refractivity contribution in [2.75, 3.05) is 18.0 Å². The highest BCUT2D eigenvalue weighted by atomic mass is 32.2. The van der Waals surface area contributed by atoms with Crippen molar-refractivity contribution in [3.63, 3.8) is 0 Å². The van der Waals surface area contributed by atoms with Crippen LogP contribution in [-0.4, -0.2) is 26.5 Å². The second-order valence-electron chi connectivity index (χ2n) is 7.14. The zero-order chi connectivity index (χ0) is 19.0. The highest BCUT2D eigenvalue weighted by molar-refractivity contribution is 7.91. The van der Waals surface area contributed by atoms with Crippen molar-refractivity contribution in [3.8, 4) is 0 Å². The lowest BCUT2D eigenvalue weighted by atomic mass is 9.99. The van der Waals surface area contributed by atoms with E-state index in [4.69, 9.17) is 0 Å². The van der Waals surface area contributed by atoms with E-state index in [1.165, 1.54) is 18.3 Å². The van der Waals surface area contributed by atoms with E-state index in [0.29, 0.717) is 22.5 Å². The summed E-state index contributed by atoms with van der Waals surface area (Å²) in [4.78, 5) is 6.75. The SMILES string of the molecule is CC1CCCN(c2c(S(=O)(=O)c3ccccc3)cnc3ccc(F)cc23)C1. The molecule has 2 heterocycles. The number of rotatable bonds is 3. The van der Waals surface area contributed by atoms with Crippen LogP contribution in [0.25, 0.3) is 10.9 Å². The van der Waals surface area contributed by atoms with Crippen molar-refractivity contribution in [2.45, 2.75) is 29.6 Å². The highest BCUT2D eigenvalue weighted by Crippen LogP contribution is 2.37. The molecule has 4 rings (SSSR count). The number of fused-ring (bicyclic) bond motifs is 1. The Kier molecular flexibility index (Phi) is 4.60. The molecular formula is C21H21FN2O2S. The maximum Gasteiger partial charge on any atom is 0.210 e. The van der Waals surface area contributed by atoms with E-state index < -0.39 is 15.7 Å². The Morgan fingerprint density at radius 2 is 1.93 bits per heavy atom. The summed E-state index contributed by atoms with van der Waals surface area (Å²) in [5, 5.41) is 0.543. The molecule has 1 saturated heterocycles. The summed E-state index contributed by atoms with van der Waals surface area (Å²) in [7, 11) is -3.77. The van der Waals surface area contributed by atoms with E-state index in [1.54, 1.807) is 36.4 Å². The smallest absolute Gasteiger partial charge is 0.210 e. The minimum absolute atomic E-state index is 0.140. The third kappa shape index (κ3) is 3.30. The summed E-state index contributed by atoms with van der Waals surface area (Å²) in [6.45, 7) is 3.64. The van der Waals surface area contributed by atoms with Gasteiger partial charge in [-0.15, -0.1) is 0 Å². The van der Waals surface area contributed by atoms with Crippen molar-refractivity contribution in [1.82, 2.24) is 4.98 Å². The van der Waals surface area contributed by atoms with Gasteiger partial charge in [-0.2, -0.15) is 0 Å². The number of hydrogen-bond donors (Lipinski definition) is 0. The van der Waals surface area contributed by atoms with Gasteiger partial charge < -0.3 is 4.90 Å². The Bertz CT molecular complexity index is 1080. The average Bonchev–Trinajstić information content (AvgIpc) is 2.67. The fourth-order valence-electron chi connectivity index (χ4n) is 3.77. The lowest BCUT2D eigenvalue weighted by molar-refractivity contribution is 0.446. The summed E-state index contributed by atoms with van der Waals surface area (Å²) in [5.41, 5.74) is 1.16. The number of sulfone groups is 1. The number of hydrogen-bond acceptors (Lipinski definition) is 4. The number of nitrogens with zero attached hydrogens (tertiary/aromatic N) is 2. The number of pyridine rings is 1. The molecule has 1 aromatic heterocycles. The van der Waals surface area contributed by atoms with E-state index >= 15 is 0 Å². The van der Waals surface area contributed by atoms with Crippen LogP contribution in [0.4, 0.5) is 10.1 Å². The molecule has 1 fully saturated rings. The van der Waals surface area contributed by atoms with Crippen LogP contribution in [0.3, 0.4) is 0 Å². The molecule has 1 aliphatic heterocycles. The topological polar surface area (TPSA) is 50.3 Å². The first-order valence-electron chi connectivity index (χ1n) is 9.10. The van der Waals surface area contributed by atoms with Crippen molar-refractivity contribution in [3.05, 3.63) is 60.5 Å². The first kappa shape index (κ1) is 17.9. The van der Waals surface area contributed by atoms with Gasteiger partial charge in [-0.05, 0) is 49.1 Å². The normalized spacial score (nSPS) is 18.0. The van der Waals surface area contributed by atoms with Crippen LogP contribution in [0.1, 0.15) is 19.8 Å². The monoisotopic (exact) mass is 384 g/mol. The Balaban J connectivity index is 1.99. The highest BCUT2D eigenvalue weighted by Gasteiger charge is 2.28. The molecule has 0 N–H and O–H groups in total. The predicted molar refractivity (Wildman–Crippen MR) is 104 cm³/mol. The van der Waals surface area contributed by atoms with E-state index in [2.05, 4.69) is 16.8 Å². The molecule has 0 amide bonds. The number of anilines is 1. The Morgan fingerprint density at radius 1 is 1.15 bits per heavy atom. The lowest BCUT2D eigenvalue weighted by Gasteiger charge is -2.34. The van der Waals surface area contributed by atoms with Crippen LogP contribution >= 0.6 is 0 Å². The standard InChI is InChI=1S/C21H21FN2O2S/c1-15-6-5-11-24(14-15)21-18-12-16(22)9-10-19(18)23-13-20(21)27(25,26)17-7-3-2-4-8-17/h2-4,7-10,12-13,15H,5-6,11,14H2,1H3. The van der Waals surface area contributed by atoms with Gasteiger partial charge in [0.25, 0.3) is 0 Å². The third-order valence-corrected chi connectivity index (χ3v) is 6.85. The van der Waals surface area contributed by atoms with Gasteiger partial charge in [0, 0.05) is 24.7 Å². The largest absolute Gasteiger partial charge is 0.370 e. The molecule has 0 saturated carbocycles. The van der Waals surface area contributed by atoms with Crippen LogP contribution < -0.4 is 4.90 Å². The first-order valence-corrected chi connectivity index (χ1v) is 10.6. The fourth-order valence-corrected chi connectivity index (χ4v) is 5.23. The number of piperidine rings is 1. The number of halogens is 1. The quantitative estimate of drug-likeness (QED) is 0.670. The zero-order valence-corrected chi connectivity index (χ0v) is 15.9. The molecule has 0 bridgehead atoms. The predicted octanol–water partition coefficient (Wildman–Crippen LogP) is 4.44. The van der Waals surface area contributed by atoms with E-state index in [0.717, 1.165) is 25.9 Å². The lowest BCUT2D eigenvalue weighted by Crippen LogP contribution is -2.35. The first-order chi connectivity index (χ1) is 13.0. The molecule has 0 radical (unpaired) electrons. The molecule has 140 valence electrons. The molecule has 1 aliphatic rings. The molecule has 4 nitrogen and oxygen atoms in total. The van der Waals surface area contributed by atoms with Crippen LogP contribution in [0.5, 0.6) is 0 Å². The van der Waals surface area contributed by atoms with Gasteiger partial charge >= 0.3 is 0 Å². The van der Waals surface area contributed by atoms with E-state index in [1.807, 2.05) is 0 Å². The van der Waals surface area contributed by atoms with Crippen molar-refractivity contribution < 1.29 is 12.8 Å². The Labute approximate surface area is 158 Å². The minimum Gasteiger partial charge on any atom is -0.370 e. The maximum atomic E-state index is 14.0. The van der Waals surface area contributed by atoms with Gasteiger partial charge in [0.1, 0.15) is 10.7 Å². The van der Waals surface area contributed by atoms with Gasteiger partial charge in [-0.25, -0.2) is 12.8 Å². The van der Waals surface area contributed by atoms with Crippen LogP contribution in [0.15, 0.2) is 64.5 Å². The Morgan fingerprint density at radius 3 is 2.67 bits per heavy atom. The van der Waals surface area contributed by atoms with Gasteiger partial charge in [-0.3, -0.25) is 4.98 Å². The minimum atomic E-state index is -3.77. The number of benzene rings is 2. The second-order valence-corrected chi connectivity index (χ2v) is 9.06. The number of aromatic nitrogens is 1. The fraction of sp³-hybridized carbons (Fsp3) is 0.286. The van der Waals surface area contributed by atoms with Gasteiger partial charge in [-0.1, -0.05) is 25.1 Å². The molecule has 0 spiro atoms. The maximum absolute atomic E-state index is 14.0. The van der Waals surface area contributed by atoms with Crippen LogP contribution in [0.2, 0.25) is 0 Å². The molecular weight excluding hydrogens is 363 g/mol. The Hall–Kier alpha value is -2.47. The van der Waals surface area contributed by atoms with Crippen molar-refractivity contribution in [2.24, 2.45) is 5.92 Å². The molecule has 2 aromatic carbocycles. The molecule has 1 atom stereocenters. The summed E-state index contributed by atoms with van der Waals surface area (Å²) < 4.78 is 40.7. The van der Waals surface area contributed by atoms with Gasteiger partial charge in [0.05, 0.1) is 16.1 Å². The average molecular weight is 384 g/mol. The molecule has 3 aromatic rings. The zero-order valence-electron chi connectivity index (χ0n) is 15.1. The third-order valence-electron chi connectivity index (χ3n) is 5.08. The summed E-state index contributed by atoms with van der Waals surface area (Å²) in [5.74, 6) is 0.0488. The van der Waals surface area contributed by atoms with Crippen molar-refractivity contribution >= 4 is 26.4 Å². The van der Waals surface area contributed by atoms with Crippen LogP contribution in [0, 0.1) is 11.7 Å². The van der Waals surface area contributed by atoms with Crippen molar-refractivity contribution in [1.29, 1.82) is 0 Å². The molecule has 27 heavy (non-hydrogen) atoms. The van der Waals surface area contributed by atoms with E-state index in [9.17, 15) is 12.8 Å². The van der Waals surface area contributed by atoms with Crippen LogP contribution in [-0.2, 0) is 9.84 Å². The summed E-state index contributed by atoms with van der Waals surface area (Å²) >= 11 is 0. The molecule has 1 unspecified atom stereocenters.